The Labute approximate surface area is 147 Å². The molecule has 0 aliphatic rings. The van der Waals surface area contributed by atoms with Gasteiger partial charge in [0.2, 0.25) is 0 Å². The van der Waals surface area contributed by atoms with E-state index in [-0.39, 0.29) is 0 Å². The average molecular weight is 326 g/mol. The Balaban J connectivity index is 1.91. The minimum absolute atomic E-state index is 0.385. The summed E-state index contributed by atoms with van der Waals surface area (Å²) in [6.07, 6.45) is 8.33. The molecule has 24 heavy (non-hydrogen) atoms. The van der Waals surface area contributed by atoms with Crippen LogP contribution in [0.25, 0.3) is 0 Å². The van der Waals surface area contributed by atoms with E-state index < -0.39 is 0 Å². The summed E-state index contributed by atoms with van der Waals surface area (Å²) in [6, 6.07) is 4.40. The molecule has 0 amide bonds. The summed E-state index contributed by atoms with van der Waals surface area (Å²) in [6.45, 7) is 13.2. The van der Waals surface area contributed by atoms with Crippen molar-refractivity contribution in [2.45, 2.75) is 78.1 Å². The third-order valence-electron chi connectivity index (χ3n) is 4.78. The Morgan fingerprint density at radius 2 is 1.21 bits per heavy atom. The van der Waals surface area contributed by atoms with Crippen LogP contribution in [-0.2, 0) is 0 Å². The molecule has 0 saturated heterocycles. The molecule has 0 aliphatic carbocycles. The first-order valence-electron chi connectivity index (χ1n) is 9.16. The maximum Gasteiger partial charge on any atom is 0.130 e. The molecule has 0 aromatic carbocycles. The summed E-state index contributed by atoms with van der Waals surface area (Å²) in [7, 11) is 0. The molecule has 130 valence electrons. The fourth-order valence-electron chi connectivity index (χ4n) is 2.78. The number of aromatic nitrogens is 3. The van der Waals surface area contributed by atoms with E-state index in [1.165, 1.54) is 16.8 Å². The molecule has 0 bridgehead atoms. The molecule has 0 radical (unpaired) electrons. The first-order chi connectivity index (χ1) is 11.4. The van der Waals surface area contributed by atoms with Crippen molar-refractivity contribution >= 4 is 0 Å². The number of rotatable bonds is 7. The van der Waals surface area contributed by atoms with Gasteiger partial charge in [0.1, 0.15) is 5.82 Å². The van der Waals surface area contributed by atoms with Crippen molar-refractivity contribution in [3.05, 3.63) is 53.4 Å². The van der Waals surface area contributed by atoms with Gasteiger partial charge in [-0.05, 0) is 47.8 Å². The molecular formula is C21H31N3. The predicted molar refractivity (Wildman–Crippen MR) is 101 cm³/mol. The molecule has 2 heterocycles. The molecule has 0 N–H and O–H groups in total. The number of pyridine rings is 1. The van der Waals surface area contributed by atoms with E-state index in [9.17, 15) is 0 Å². The Bertz CT molecular complexity index is 557. The zero-order chi connectivity index (χ0) is 17.7. The van der Waals surface area contributed by atoms with Crippen molar-refractivity contribution < 1.29 is 0 Å². The molecule has 2 aromatic rings. The minimum Gasteiger partial charge on any atom is -0.261 e. The van der Waals surface area contributed by atoms with Crippen molar-refractivity contribution in [3.63, 3.8) is 0 Å². The van der Waals surface area contributed by atoms with E-state index in [0.717, 1.165) is 18.7 Å². The molecule has 0 spiro atoms. The van der Waals surface area contributed by atoms with E-state index in [1.807, 2.05) is 18.6 Å². The van der Waals surface area contributed by atoms with E-state index in [0.29, 0.717) is 23.7 Å². The van der Waals surface area contributed by atoms with Gasteiger partial charge in [0, 0.05) is 30.2 Å². The van der Waals surface area contributed by atoms with Crippen molar-refractivity contribution in [1.82, 2.24) is 15.0 Å². The van der Waals surface area contributed by atoms with Crippen molar-refractivity contribution in [1.29, 1.82) is 0 Å². The molecule has 2 rings (SSSR count). The average Bonchev–Trinajstić information content (AvgIpc) is 2.59. The molecule has 2 unspecified atom stereocenters. The van der Waals surface area contributed by atoms with Crippen LogP contribution in [-0.4, -0.2) is 15.0 Å². The van der Waals surface area contributed by atoms with Crippen LogP contribution in [0.15, 0.2) is 30.7 Å². The first-order valence-corrected chi connectivity index (χ1v) is 9.16. The highest BCUT2D eigenvalue weighted by Crippen LogP contribution is 2.27. The summed E-state index contributed by atoms with van der Waals surface area (Å²) >= 11 is 0. The molecule has 2 aromatic heterocycles. The van der Waals surface area contributed by atoms with Gasteiger partial charge in [-0.1, -0.05) is 47.6 Å². The summed E-state index contributed by atoms with van der Waals surface area (Å²) in [5.74, 6) is 2.81. The van der Waals surface area contributed by atoms with E-state index in [4.69, 9.17) is 0 Å². The minimum atomic E-state index is 0.385. The Hall–Kier alpha value is -1.77. The van der Waals surface area contributed by atoms with E-state index in [1.54, 1.807) is 0 Å². The van der Waals surface area contributed by atoms with Gasteiger partial charge in [0.15, 0.2) is 0 Å². The number of hydrogen-bond donors (Lipinski definition) is 0. The monoisotopic (exact) mass is 325 g/mol. The lowest BCUT2D eigenvalue weighted by Crippen LogP contribution is -2.03. The van der Waals surface area contributed by atoms with Crippen LogP contribution in [0.1, 0.15) is 101 Å². The highest BCUT2D eigenvalue weighted by Gasteiger charge is 2.12. The van der Waals surface area contributed by atoms with E-state index >= 15 is 0 Å². The summed E-state index contributed by atoms with van der Waals surface area (Å²) in [5, 5.41) is 0. The number of nitrogens with zero attached hydrogens (tertiary/aromatic N) is 3. The van der Waals surface area contributed by atoms with E-state index in [2.05, 4.69) is 68.6 Å². The van der Waals surface area contributed by atoms with Crippen molar-refractivity contribution in [2.24, 2.45) is 0 Å². The van der Waals surface area contributed by atoms with Gasteiger partial charge >= 0.3 is 0 Å². The molecular weight excluding hydrogens is 294 g/mol. The third kappa shape index (κ3) is 4.86. The fourth-order valence-corrected chi connectivity index (χ4v) is 2.78. The van der Waals surface area contributed by atoms with Gasteiger partial charge < -0.3 is 0 Å². The molecule has 0 aliphatic heterocycles. The second-order valence-electron chi connectivity index (χ2n) is 7.58. The topological polar surface area (TPSA) is 38.7 Å². The lowest BCUT2D eigenvalue weighted by molar-refractivity contribution is 0.568. The summed E-state index contributed by atoms with van der Waals surface area (Å²) < 4.78 is 0. The highest BCUT2D eigenvalue weighted by atomic mass is 14.9. The number of hydrogen-bond acceptors (Lipinski definition) is 3. The highest BCUT2D eigenvalue weighted by molar-refractivity contribution is 5.19. The van der Waals surface area contributed by atoms with Crippen LogP contribution in [0.5, 0.6) is 0 Å². The van der Waals surface area contributed by atoms with Gasteiger partial charge in [-0.3, -0.25) is 4.98 Å². The molecule has 3 nitrogen and oxygen atoms in total. The molecule has 3 heteroatoms. The second kappa shape index (κ2) is 8.36. The van der Waals surface area contributed by atoms with Gasteiger partial charge in [-0.25, -0.2) is 9.97 Å². The first kappa shape index (κ1) is 18.6. The van der Waals surface area contributed by atoms with Gasteiger partial charge in [-0.15, -0.1) is 0 Å². The third-order valence-corrected chi connectivity index (χ3v) is 4.78. The Morgan fingerprint density at radius 1 is 0.667 bits per heavy atom. The predicted octanol–water partition coefficient (Wildman–Crippen LogP) is 5.81. The zero-order valence-electron chi connectivity index (χ0n) is 16.0. The quantitative estimate of drug-likeness (QED) is 0.645. The molecule has 2 atom stereocenters. The molecule has 0 saturated carbocycles. The van der Waals surface area contributed by atoms with Crippen molar-refractivity contribution in [2.75, 3.05) is 0 Å². The van der Waals surface area contributed by atoms with Crippen LogP contribution < -0.4 is 0 Å². The Kier molecular flexibility index (Phi) is 6.47. The van der Waals surface area contributed by atoms with Crippen LogP contribution in [0.2, 0.25) is 0 Å². The zero-order valence-corrected chi connectivity index (χ0v) is 16.0. The van der Waals surface area contributed by atoms with Gasteiger partial charge in [0.05, 0.1) is 0 Å². The lowest BCUT2D eigenvalue weighted by Gasteiger charge is -2.16. The summed E-state index contributed by atoms with van der Waals surface area (Å²) in [4.78, 5) is 13.6. The van der Waals surface area contributed by atoms with Crippen LogP contribution >= 0.6 is 0 Å². The standard InChI is InChI=1S/C21H31N3/c1-14(2)20-10-9-18(11-22-20)16(5)7-8-17(6)19-12-23-21(15(3)4)24-13-19/h9-17H,7-8H2,1-6H3. The van der Waals surface area contributed by atoms with Crippen LogP contribution in [0.3, 0.4) is 0 Å². The maximum atomic E-state index is 4.59. The fraction of sp³-hybridized carbons (Fsp3) is 0.571. The van der Waals surface area contributed by atoms with Gasteiger partial charge in [-0.2, -0.15) is 0 Å². The summed E-state index contributed by atoms with van der Waals surface area (Å²) in [5.41, 5.74) is 3.74. The van der Waals surface area contributed by atoms with Crippen LogP contribution in [0, 0.1) is 0 Å². The Morgan fingerprint density at radius 3 is 1.67 bits per heavy atom. The van der Waals surface area contributed by atoms with Gasteiger partial charge in [0.25, 0.3) is 0 Å². The lowest BCUT2D eigenvalue weighted by atomic mass is 9.90. The SMILES string of the molecule is CC(C)c1ccc(C(C)CCC(C)c2cnc(C(C)C)nc2)cn1. The maximum absolute atomic E-state index is 4.59. The second-order valence-corrected chi connectivity index (χ2v) is 7.58. The molecule has 0 fully saturated rings. The van der Waals surface area contributed by atoms with Crippen molar-refractivity contribution in [3.8, 4) is 0 Å². The largest absolute Gasteiger partial charge is 0.261 e. The van der Waals surface area contributed by atoms with Crippen LogP contribution in [0.4, 0.5) is 0 Å². The normalized spacial score (nSPS) is 14.2. The smallest absolute Gasteiger partial charge is 0.130 e.